The predicted octanol–water partition coefficient (Wildman–Crippen LogP) is 2.46. The zero-order valence-electron chi connectivity index (χ0n) is 13.8. The summed E-state index contributed by atoms with van der Waals surface area (Å²) in [6, 6.07) is 9.34. The first-order chi connectivity index (χ1) is 12.6. The van der Waals surface area contributed by atoms with E-state index in [4.69, 9.17) is 0 Å². The van der Waals surface area contributed by atoms with Crippen LogP contribution in [0.2, 0.25) is 0 Å². The first-order valence-corrected chi connectivity index (χ1v) is 8.22. The molecule has 6 nitrogen and oxygen atoms in total. The van der Waals surface area contributed by atoms with E-state index in [9.17, 15) is 13.6 Å². The first-order valence-electron chi connectivity index (χ1n) is 8.22. The lowest BCUT2D eigenvalue weighted by Gasteiger charge is -2.30. The van der Waals surface area contributed by atoms with Gasteiger partial charge in [0.1, 0.15) is 18.0 Å². The molecule has 0 radical (unpaired) electrons. The Bertz CT molecular complexity index is 941. The van der Waals surface area contributed by atoms with Gasteiger partial charge >= 0.3 is 0 Å². The summed E-state index contributed by atoms with van der Waals surface area (Å²) in [5, 5.41) is 11.0. The van der Waals surface area contributed by atoms with Crippen molar-refractivity contribution >= 4 is 11.6 Å². The number of hydrogen-bond acceptors (Lipinski definition) is 4. The molecule has 0 fully saturated rings. The summed E-state index contributed by atoms with van der Waals surface area (Å²) >= 11 is 0. The second-order valence-corrected chi connectivity index (χ2v) is 6.13. The van der Waals surface area contributed by atoms with Crippen molar-refractivity contribution in [3.05, 3.63) is 65.5 Å². The van der Waals surface area contributed by atoms with Gasteiger partial charge < -0.3 is 4.90 Å². The summed E-state index contributed by atoms with van der Waals surface area (Å²) in [7, 11) is 0. The van der Waals surface area contributed by atoms with Crippen LogP contribution in [0.3, 0.4) is 0 Å². The van der Waals surface area contributed by atoms with Gasteiger partial charge in [-0.1, -0.05) is 12.1 Å². The second-order valence-electron chi connectivity index (χ2n) is 6.13. The molecule has 8 heteroatoms. The lowest BCUT2D eigenvalue weighted by Crippen LogP contribution is -2.37. The van der Waals surface area contributed by atoms with Crippen LogP contribution in [0.1, 0.15) is 17.5 Å². The van der Waals surface area contributed by atoms with Gasteiger partial charge in [0.05, 0.1) is 17.8 Å². The molecule has 0 saturated heterocycles. The fourth-order valence-corrected chi connectivity index (χ4v) is 3.19. The largest absolute Gasteiger partial charge is 0.312 e. The highest BCUT2D eigenvalue weighted by Gasteiger charge is 2.25. The molecule has 0 bridgehead atoms. The maximum atomic E-state index is 14.0. The molecule has 0 aliphatic carbocycles. The average Bonchev–Trinajstić information content (AvgIpc) is 3.16. The number of nitrogens with zero attached hydrogens (tertiary/aromatic N) is 5. The van der Waals surface area contributed by atoms with Gasteiger partial charge in [0.15, 0.2) is 0 Å². The Balaban J connectivity index is 1.54. The molecule has 4 rings (SSSR count). The fourth-order valence-electron chi connectivity index (χ4n) is 3.19. The SMILES string of the molecule is O=C(Cc1ccc(-n2cnnn2)cc1)N1CCCc2c(F)cc(F)cc21. The summed E-state index contributed by atoms with van der Waals surface area (Å²) in [6.07, 6.45) is 2.78. The Morgan fingerprint density at radius 1 is 1.15 bits per heavy atom. The molecule has 26 heavy (non-hydrogen) atoms. The quantitative estimate of drug-likeness (QED) is 0.724. The molecule has 0 unspecified atom stereocenters. The lowest BCUT2D eigenvalue weighted by molar-refractivity contribution is -0.118. The number of tetrazole rings is 1. The van der Waals surface area contributed by atoms with Crippen LogP contribution in [-0.4, -0.2) is 32.7 Å². The summed E-state index contributed by atoms with van der Waals surface area (Å²) in [6.45, 7) is 0.456. The van der Waals surface area contributed by atoms with E-state index in [1.807, 2.05) is 24.3 Å². The maximum Gasteiger partial charge on any atom is 0.231 e. The third-order valence-electron chi connectivity index (χ3n) is 4.44. The third kappa shape index (κ3) is 3.05. The van der Waals surface area contributed by atoms with E-state index in [1.54, 1.807) is 0 Å². The highest BCUT2D eigenvalue weighted by atomic mass is 19.1. The maximum absolute atomic E-state index is 14.0. The number of carbonyl (C=O) groups is 1. The molecular weight excluding hydrogens is 340 g/mol. The van der Waals surface area contributed by atoms with Crippen LogP contribution in [0, 0.1) is 11.6 Å². The number of aromatic nitrogens is 4. The van der Waals surface area contributed by atoms with E-state index in [0.717, 1.165) is 17.3 Å². The smallest absolute Gasteiger partial charge is 0.231 e. The van der Waals surface area contributed by atoms with Gasteiger partial charge in [-0.05, 0) is 47.0 Å². The van der Waals surface area contributed by atoms with Gasteiger partial charge in [0.2, 0.25) is 5.91 Å². The number of anilines is 1. The van der Waals surface area contributed by atoms with Gasteiger partial charge in [-0.2, -0.15) is 0 Å². The van der Waals surface area contributed by atoms with Gasteiger partial charge in [-0.25, -0.2) is 13.5 Å². The average molecular weight is 355 g/mol. The Hall–Kier alpha value is -3.16. The molecule has 1 aromatic heterocycles. The minimum absolute atomic E-state index is 0.146. The number of hydrogen-bond donors (Lipinski definition) is 0. The molecule has 1 amide bonds. The number of benzene rings is 2. The van der Waals surface area contributed by atoms with Gasteiger partial charge in [-0.15, -0.1) is 5.10 Å². The van der Waals surface area contributed by atoms with Crippen molar-refractivity contribution in [1.82, 2.24) is 20.2 Å². The monoisotopic (exact) mass is 355 g/mol. The Morgan fingerprint density at radius 3 is 2.69 bits per heavy atom. The number of fused-ring (bicyclic) bond motifs is 1. The van der Waals surface area contributed by atoms with Crippen LogP contribution in [0.4, 0.5) is 14.5 Å². The van der Waals surface area contributed by atoms with Crippen LogP contribution in [0.5, 0.6) is 0 Å². The summed E-state index contributed by atoms with van der Waals surface area (Å²) in [5.41, 5.74) is 2.32. The first kappa shape index (κ1) is 16.3. The zero-order chi connectivity index (χ0) is 18.1. The number of carbonyl (C=O) groups excluding carboxylic acids is 1. The van der Waals surface area contributed by atoms with Crippen LogP contribution < -0.4 is 4.90 Å². The summed E-state index contributed by atoms with van der Waals surface area (Å²) < 4.78 is 29.1. The highest BCUT2D eigenvalue weighted by Crippen LogP contribution is 2.30. The number of rotatable bonds is 3. The van der Waals surface area contributed by atoms with Crippen molar-refractivity contribution in [3.8, 4) is 5.69 Å². The normalized spacial score (nSPS) is 13.5. The predicted molar refractivity (Wildman–Crippen MR) is 89.9 cm³/mol. The lowest BCUT2D eigenvalue weighted by atomic mass is 10.00. The molecule has 0 spiro atoms. The Morgan fingerprint density at radius 2 is 1.96 bits per heavy atom. The molecule has 3 aromatic rings. The van der Waals surface area contributed by atoms with Crippen LogP contribution >= 0.6 is 0 Å². The van der Waals surface area contributed by atoms with Crippen molar-refractivity contribution < 1.29 is 13.6 Å². The topological polar surface area (TPSA) is 63.9 Å². The van der Waals surface area contributed by atoms with Crippen LogP contribution in [-0.2, 0) is 17.6 Å². The summed E-state index contributed by atoms with van der Waals surface area (Å²) in [5.74, 6) is -1.46. The number of halogens is 2. The zero-order valence-corrected chi connectivity index (χ0v) is 13.8. The van der Waals surface area contributed by atoms with Crippen LogP contribution in [0.15, 0.2) is 42.7 Å². The Labute approximate surface area is 148 Å². The second kappa shape index (κ2) is 6.62. The molecule has 0 saturated carbocycles. The molecular formula is C18H15F2N5O. The van der Waals surface area contributed by atoms with E-state index in [2.05, 4.69) is 15.5 Å². The molecule has 132 valence electrons. The molecule has 2 aromatic carbocycles. The van der Waals surface area contributed by atoms with Crippen molar-refractivity contribution in [2.75, 3.05) is 11.4 Å². The highest BCUT2D eigenvalue weighted by molar-refractivity contribution is 5.96. The molecule has 0 atom stereocenters. The fraction of sp³-hybridized carbons (Fsp3) is 0.222. The van der Waals surface area contributed by atoms with Gasteiger partial charge in [0, 0.05) is 18.2 Å². The molecule has 2 heterocycles. The van der Waals surface area contributed by atoms with E-state index < -0.39 is 11.6 Å². The van der Waals surface area contributed by atoms with E-state index in [0.29, 0.717) is 30.6 Å². The van der Waals surface area contributed by atoms with E-state index in [-0.39, 0.29) is 12.3 Å². The van der Waals surface area contributed by atoms with Gasteiger partial charge in [0.25, 0.3) is 0 Å². The van der Waals surface area contributed by atoms with Crippen molar-refractivity contribution in [2.24, 2.45) is 0 Å². The minimum Gasteiger partial charge on any atom is -0.312 e. The van der Waals surface area contributed by atoms with Crippen molar-refractivity contribution in [1.29, 1.82) is 0 Å². The van der Waals surface area contributed by atoms with Crippen LogP contribution in [0.25, 0.3) is 5.69 Å². The van der Waals surface area contributed by atoms with Crippen molar-refractivity contribution in [2.45, 2.75) is 19.3 Å². The standard InChI is InChI=1S/C18H15F2N5O/c19-13-9-16(20)15-2-1-7-24(17(15)10-13)18(26)8-12-3-5-14(6-4-12)25-11-21-22-23-25/h3-6,9-11H,1-2,7-8H2. The summed E-state index contributed by atoms with van der Waals surface area (Å²) in [4.78, 5) is 14.2. The van der Waals surface area contributed by atoms with Crippen molar-refractivity contribution in [3.63, 3.8) is 0 Å². The molecule has 0 N–H and O–H groups in total. The van der Waals surface area contributed by atoms with E-state index in [1.165, 1.54) is 22.0 Å². The van der Waals surface area contributed by atoms with Gasteiger partial charge in [-0.3, -0.25) is 4.79 Å². The Kier molecular flexibility index (Phi) is 4.16. The van der Waals surface area contributed by atoms with E-state index >= 15 is 0 Å². The molecule has 1 aliphatic heterocycles. The minimum atomic E-state index is -0.674. The number of amides is 1. The molecule has 1 aliphatic rings. The third-order valence-corrected chi connectivity index (χ3v) is 4.44.